The van der Waals surface area contributed by atoms with Gasteiger partial charge in [-0.2, -0.15) is 0 Å². The Balaban J connectivity index is 1.69. The Bertz CT molecular complexity index is 804. The Morgan fingerprint density at radius 2 is 1.54 bits per heavy atom. The van der Waals surface area contributed by atoms with Crippen LogP contribution in [0.5, 0.6) is 0 Å². The molecule has 0 unspecified atom stereocenters. The lowest BCUT2D eigenvalue weighted by atomic mass is 10.2. The Kier molecular flexibility index (Phi) is 5.82. The summed E-state index contributed by atoms with van der Waals surface area (Å²) in [7, 11) is 0. The Morgan fingerprint density at radius 3 is 2.17 bits per heavy atom. The van der Waals surface area contributed by atoms with Crippen molar-refractivity contribution in [3.05, 3.63) is 66.1 Å². The summed E-state index contributed by atoms with van der Waals surface area (Å²) in [4.78, 5) is 26.2. The van der Waals surface area contributed by atoms with Gasteiger partial charge in [-0.05, 0) is 105 Å². The molecule has 1 aliphatic rings. The number of carbonyl (C=O) groups excluding carboxylic acids is 2. The number of nitrogens with zero attached hydrogens (tertiary/aromatic N) is 1. The standard InChI is InChI=1S/C17H12I2N2O2S/c18-12-3-1-11(2-4-12)9-15-16(22)21(17(23)24-15)10-20-14-7-5-13(19)6-8-14/h1-9,20H,10H2/b15-9+. The number of rotatable bonds is 4. The van der Waals surface area contributed by atoms with Crippen molar-refractivity contribution in [1.82, 2.24) is 4.90 Å². The first kappa shape index (κ1) is 17.7. The van der Waals surface area contributed by atoms with Gasteiger partial charge in [-0.25, -0.2) is 0 Å². The van der Waals surface area contributed by atoms with Crippen molar-refractivity contribution >= 4 is 79.9 Å². The predicted octanol–water partition coefficient (Wildman–Crippen LogP) is 5.00. The van der Waals surface area contributed by atoms with Crippen LogP contribution in [0.2, 0.25) is 0 Å². The van der Waals surface area contributed by atoms with E-state index in [4.69, 9.17) is 0 Å². The van der Waals surface area contributed by atoms with Gasteiger partial charge in [-0.3, -0.25) is 14.5 Å². The van der Waals surface area contributed by atoms with Crippen LogP contribution in [0.15, 0.2) is 53.4 Å². The zero-order valence-electron chi connectivity index (χ0n) is 12.3. The van der Waals surface area contributed by atoms with Crippen LogP contribution >= 0.6 is 56.9 Å². The summed E-state index contributed by atoms with van der Waals surface area (Å²) >= 11 is 5.43. The summed E-state index contributed by atoms with van der Waals surface area (Å²) in [5.74, 6) is -0.262. The Hall–Kier alpha value is -1.07. The van der Waals surface area contributed by atoms with Gasteiger partial charge in [-0.1, -0.05) is 12.1 Å². The highest BCUT2D eigenvalue weighted by Gasteiger charge is 2.34. The summed E-state index contributed by atoms with van der Waals surface area (Å²) in [5.41, 5.74) is 1.78. The van der Waals surface area contributed by atoms with Crippen molar-refractivity contribution in [2.45, 2.75) is 0 Å². The van der Waals surface area contributed by atoms with Crippen molar-refractivity contribution < 1.29 is 9.59 Å². The van der Waals surface area contributed by atoms with E-state index in [1.54, 1.807) is 6.08 Å². The summed E-state index contributed by atoms with van der Waals surface area (Å²) < 4.78 is 2.25. The molecule has 7 heteroatoms. The lowest BCUT2D eigenvalue weighted by molar-refractivity contribution is -0.122. The summed E-state index contributed by atoms with van der Waals surface area (Å²) in [6.07, 6.45) is 1.76. The van der Waals surface area contributed by atoms with Gasteiger partial charge in [0.05, 0.1) is 11.6 Å². The van der Waals surface area contributed by atoms with E-state index in [0.717, 1.165) is 30.2 Å². The van der Waals surface area contributed by atoms with Gasteiger partial charge in [0.15, 0.2) is 0 Å². The molecule has 1 saturated heterocycles. The Labute approximate surface area is 171 Å². The minimum absolute atomic E-state index is 0.162. The highest BCUT2D eigenvalue weighted by atomic mass is 127. The number of imide groups is 1. The molecule has 0 aromatic heterocycles. The minimum Gasteiger partial charge on any atom is -0.367 e. The second kappa shape index (κ2) is 7.87. The SMILES string of the molecule is O=C1S/C(=C/c2ccc(I)cc2)C(=O)N1CNc1ccc(I)cc1. The molecule has 0 radical (unpaired) electrons. The Morgan fingerprint density at radius 1 is 0.958 bits per heavy atom. The summed E-state index contributed by atoms with van der Waals surface area (Å²) in [6, 6.07) is 15.6. The molecule has 2 aromatic carbocycles. The van der Waals surface area contributed by atoms with Crippen LogP contribution in [0.4, 0.5) is 10.5 Å². The van der Waals surface area contributed by atoms with Gasteiger partial charge in [0, 0.05) is 12.8 Å². The molecule has 122 valence electrons. The van der Waals surface area contributed by atoms with Crippen LogP contribution in [-0.2, 0) is 4.79 Å². The van der Waals surface area contributed by atoms with Crippen LogP contribution in [0.1, 0.15) is 5.56 Å². The highest BCUT2D eigenvalue weighted by Crippen LogP contribution is 2.32. The fraction of sp³-hybridized carbons (Fsp3) is 0.0588. The highest BCUT2D eigenvalue weighted by molar-refractivity contribution is 14.1. The maximum atomic E-state index is 12.4. The molecule has 1 aliphatic heterocycles. The van der Waals surface area contributed by atoms with E-state index >= 15 is 0 Å². The van der Waals surface area contributed by atoms with Gasteiger partial charge >= 0.3 is 0 Å². The molecule has 1 heterocycles. The van der Waals surface area contributed by atoms with E-state index in [2.05, 4.69) is 50.5 Å². The average molecular weight is 562 g/mol. The number of amides is 2. The minimum atomic E-state index is -0.262. The first-order valence-corrected chi connectivity index (χ1v) is 10.0. The van der Waals surface area contributed by atoms with E-state index in [0.29, 0.717) is 4.91 Å². The van der Waals surface area contributed by atoms with Crippen molar-refractivity contribution in [2.75, 3.05) is 12.0 Å². The molecular weight excluding hydrogens is 550 g/mol. The van der Waals surface area contributed by atoms with Crippen molar-refractivity contribution in [3.8, 4) is 0 Å². The maximum Gasteiger partial charge on any atom is 0.295 e. The number of thioether (sulfide) groups is 1. The van der Waals surface area contributed by atoms with E-state index in [1.165, 1.54) is 4.90 Å². The third-order valence-corrected chi connectivity index (χ3v) is 5.67. The second-order valence-corrected chi connectivity index (χ2v) is 8.49. The lowest BCUT2D eigenvalue weighted by Crippen LogP contribution is -2.33. The molecule has 0 spiro atoms. The molecule has 2 amide bonds. The third kappa shape index (κ3) is 4.31. The van der Waals surface area contributed by atoms with Crippen molar-refractivity contribution in [1.29, 1.82) is 0 Å². The van der Waals surface area contributed by atoms with E-state index < -0.39 is 0 Å². The molecule has 0 aliphatic carbocycles. The topological polar surface area (TPSA) is 49.4 Å². The maximum absolute atomic E-state index is 12.4. The lowest BCUT2D eigenvalue weighted by Gasteiger charge is -2.14. The smallest absolute Gasteiger partial charge is 0.295 e. The fourth-order valence-electron chi connectivity index (χ4n) is 2.08. The molecule has 4 nitrogen and oxygen atoms in total. The number of nitrogens with one attached hydrogen (secondary N) is 1. The zero-order chi connectivity index (χ0) is 17.1. The average Bonchev–Trinajstić information content (AvgIpc) is 2.83. The van der Waals surface area contributed by atoms with Gasteiger partial charge in [0.1, 0.15) is 0 Å². The number of hydrogen-bond donors (Lipinski definition) is 1. The molecule has 24 heavy (non-hydrogen) atoms. The summed E-state index contributed by atoms with van der Waals surface area (Å²) in [5, 5.41) is 2.85. The number of carbonyl (C=O) groups is 2. The number of halogens is 2. The number of benzene rings is 2. The van der Waals surface area contributed by atoms with Crippen LogP contribution in [0, 0.1) is 7.14 Å². The van der Waals surface area contributed by atoms with Gasteiger partial charge in [0.25, 0.3) is 11.1 Å². The van der Waals surface area contributed by atoms with Crippen LogP contribution in [0.3, 0.4) is 0 Å². The molecule has 2 aromatic rings. The summed E-state index contributed by atoms with van der Waals surface area (Å²) in [6.45, 7) is 0.162. The molecule has 0 saturated carbocycles. The largest absolute Gasteiger partial charge is 0.367 e. The normalized spacial score (nSPS) is 16.1. The van der Waals surface area contributed by atoms with Gasteiger partial charge < -0.3 is 5.32 Å². The van der Waals surface area contributed by atoms with Gasteiger partial charge in [0.2, 0.25) is 0 Å². The first-order valence-electron chi connectivity index (χ1n) is 7.03. The number of anilines is 1. The van der Waals surface area contributed by atoms with Crippen LogP contribution in [-0.4, -0.2) is 22.7 Å². The fourth-order valence-corrected chi connectivity index (χ4v) is 3.64. The molecule has 0 atom stereocenters. The van der Waals surface area contributed by atoms with Crippen molar-refractivity contribution in [2.24, 2.45) is 0 Å². The quantitative estimate of drug-likeness (QED) is 0.421. The first-order chi connectivity index (χ1) is 11.5. The van der Waals surface area contributed by atoms with Crippen LogP contribution in [0.25, 0.3) is 6.08 Å². The molecular formula is C17H12I2N2O2S. The molecule has 0 bridgehead atoms. The van der Waals surface area contributed by atoms with E-state index in [1.807, 2.05) is 48.5 Å². The van der Waals surface area contributed by atoms with Crippen molar-refractivity contribution in [3.63, 3.8) is 0 Å². The number of hydrogen-bond acceptors (Lipinski definition) is 4. The van der Waals surface area contributed by atoms with Gasteiger partial charge in [-0.15, -0.1) is 0 Å². The van der Waals surface area contributed by atoms with E-state index in [9.17, 15) is 9.59 Å². The molecule has 1 fully saturated rings. The molecule has 1 N–H and O–H groups in total. The monoisotopic (exact) mass is 562 g/mol. The zero-order valence-corrected chi connectivity index (χ0v) is 17.5. The predicted molar refractivity (Wildman–Crippen MR) is 115 cm³/mol. The third-order valence-electron chi connectivity index (χ3n) is 3.33. The molecule has 3 rings (SSSR count). The van der Waals surface area contributed by atoms with E-state index in [-0.39, 0.29) is 17.8 Å². The second-order valence-electron chi connectivity index (χ2n) is 5.00. The van der Waals surface area contributed by atoms with Crippen LogP contribution < -0.4 is 5.32 Å².